The lowest BCUT2D eigenvalue weighted by atomic mass is 9.97. The summed E-state index contributed by atoms with van der Waals surface area (Å²) in [5.74, 6) is -1.16. The van der Waals surface area contributed by atoms with Gasteiger partial charge in [0.05, 0.1) is 5.75 Å². The molecule has 9 heteroatoms. The third kappa shape index (κ3) is 4.75. The number of aromatic nitrogens is 3. The highest BCUT2D eigenvalue weighted by atomic mass is 32.2. The van der Waals surface area contributed by atoms with Crippen LogP contribution in [0.25, 0.3) is 0 Å². The largest absolute Gasteiger partial charge is 0.451 e. The van der Waals surface area contributed by atoms with E-state index in [2.05, 4.69) is 29.4 Å². The van der Waals surface area contributed by atoms with Gasteiger partial charge in [0.15, 0.2) is 5.16 Å². The van der Waals surface area contributed by atoms with Crippen molar-refractivity contribution in [1.82, 2.24) is 14.8 Å². The summed E-state index contributed by atoms with van der Waals surface area (Å²) in [6.07, 6.45) is -3.64. The van der Waals surface area contributed by atoms with Crippen molar-refractivity contribution in [2.45, 2.75) is 37.5 Å². The van der Waals surface area contributed by atoms with E-state index in [1.807, 2.05) is 24.3 Å². The molecule has 2 aromatic rings. The van der Waals surface area contributed by atoms with Gasteiger partial charge in [0.2, 0.25) is 11.7 Å². The van der Waals surface area contributed by atoms with Gasteiger partial charge in [0.1, 0.15) is 0 Å². The fraction of sp³-hybridized carbons (Fsp3) is 0.438. The monoisotopic (exact) mass is 372 g/mol. The average molecular weight is 372 g/mol. The van der Waals surface area contributed by atoms with E-state index in [-0.39, 0.29) is 22.7 Å². The zero-order chi connectivity index (χ0) is 18.6. The second kappa shape index (κ2) is 7.90. The Kier molecular flexibility index (Phi) is 6.10. The number of anilines is 1. The molecule has 1 N–H and O–H groups in total. The lowest BCUT2D eigenvalue weighted by molar-refractivity contribution is -0.147. The molecular formula is C16H19F3N4OS. The van der Waals surface area contributed by atoms with Crippen molar-refractivity contribution in [1.29, 1.82) is 0 Å². The lowest BCUT2D eigenvalue weighted by Crippen LogP contribution is -2.16. The quantitative estimate of drug-likeness (QED) is 0.777. The van der Waals surface area contributed by atoms with Gasteiger partial charge in [-0.15, -0.1) is 10.2 Å². The summed E-state index contributed by atoms with van der Waals surface area (Å²) >= 11 is 0.909. The number of nitrogens with zero attached hydrogens (tertiary/aromatic N) is 3. The van der Waals surface area contributed by atoms with E-state index in [1.54, 1.807) is 0 Å². The molecule has 1 heterocycles. The van der Waals surface area contributed by atoms with Crippen LogP contribution in [0, 0.1) is 0 Å². The van der Waals surface area contributed by atoms with Crippen molar-refractivity contribution in [3.63, 3.8) is 0 Å². The van der Waals surface area contributed by atoms with E-state index in [4.69, 9.17) is 0 Å². The summed E-state index contributed by atoms with van der Waals surface area (Å²) in [5.41, 5.74) is 1.75. The molecule has 0 unspecified atom stereocenters. The lowest BCUT2D eigenvalue weighted by Gasteiger charge is -2.15. The Balaban J connectivity index is 2.02. The molecule has 1 atom stereocenters. The molecule has 0 aliphatic heterocycles. The van der Waals surface area contributed by atoms with Gasteiger partial charge in [-0.1, -0.05) is 43.8 Å². The van der Waals surface area contributed by atoms with E-state index in [9.17, 15) is 18.0 Å². The number of carbonyl (C=O) groups excluding carboxylic acids is 1. The number of rotatable bonds is 6. The molecule has 0 aliphatic carbocycles. The van der Waals surface area contributed by atoms with Crippen molar-refractivity contribution >= 4 is 23.4 Å². The van der Waals surface area contributed by atoms with Crippen LogP contribution in [-0.4, -0.2) is 26.4 Å². The van der Waals surface area contributed by atoms with Gasteiger partial charge in [-0.25, -0.2) is 0 Å². The molecule has 1 aromatic carbocycles. The third-order valence-electron chi connectivity index (χ3n) is 3.80. The zero-order valence-electron chi connectivity index (χ0n) is 14.1. The molecule has 0 spiro atoms. The predicted octanol–water partition coefficient (Wildman–Crippen LogP) is 4.08. The second-order valence-electron chi connectivity index (χ2n) is 5.60. The second-order valence-corrected chi connectivity index (χ2v) is 6.54. The molecule has 0 saturated carbocycles. The topological polar surface area (TPSA) is 59.8 Å². The fourth-order valence-electron chi connectivity index (χ4n) is 2.26. The summed E-state index contributed by atoms with van der Waals surface area (Å²) in [7, 11) is 1.22. The van der Waals surface area contributed by atoms with E-state index in [0.29, 0.717) is 0 Å². The molecule has 5 nitrogen and oxygen atoms in total. The Hall–Kier alpha value is -2.03. The number of nitrogens with one attached hydrogen (secondary N) is 1. The van der Waals surface area contributed by atoms with Gasteiger partial charge in [-0.05, 0) is 24.0 Å². The molecule has 1 aromatic heterocycles. The van der Waals surface area contributed by atoms with Gasteiger partial charge in [0.25, 0.3) is 0 Å². The number of para-hydroxylation sites is 1. The van der Waals surface area contributed by atoms with Crippen molar-refractivity contribution < 1.29 is 18.0 Å². The van der Waals surface area contributed by atoms with Crippen LogP contribution in [0.2, 0.25) is 0 Å². The first kappa shape index (κ1) is 19.3. The van der Waals surface area contributed by atoms with Crippen LogP contribution in [0.4, 0.5) is 18.9 Å². The molecule has 0 fully saturated rings. The summed E-state index contributed by atoms with van der Waals surface area (Å²) < 4.78 is 38.9. The Morgan fingerprint density at radius 2 is 2.00 bits per heavy atom. The zero-order valence-corrected chi connectivity index (χ0v) is 14.9. The van der Waals surface area contributed by atoms with Crippen LogP contribution in [0.3, 0.4) is 0 Å². The third-order valence-corrected chi connectivity index (χ3v) is 4.82. The number of alkyl halides is 3. The molecular weight excluding hydrogens is 353 g/mol. The number of benzene rings is 1. The molecule has 0 saturated heterocycles. The number of hydrogen-bond acceptors (Lipinski definition) is 4. The highest BCUT2D eigenvalue weighted by molar-refractivity contribution is 7.99. The van der Waals surface area contributed by atoms with Gasteiger partial charge in [0, 0.05) is 12.7 Å². The van der Waals surface area contributed by atoms with Crippen molar-refractivity contribution in [2.75, 3.05) is 11.1 Å². The maximum atomic E-state index is 12.7. The number of halogens is 3. The first-order valence-electron chi connectivity index (χ1n) is 7.72. The highest BCUT2D eigenvalue weighted by Gasteiger charge is 2.37. The molecule has 2 rings (SSSR count). The van der Waals surface area contributed by atoms with E-state index in [0.717, 1.165) is 34.0 Å². The van der Waals surface area contributed by atoms with Crippen molar-refractivity contribution in [3.05, 3.63) is 35.7 Å². The smallest absolute Gasteiger partial charge is 0.325 e. The molecule has 0 radical (unpaired) electrons. The first-order chi connectivity index (χ1) is 11.7. The summed E-state index contributed by atoms with van der Waals surface area (Å²) in [5, 5.41) is 9.48. The van der Waals surface area contributed by atoms with Crippen LogP contribution in [0.15, 0.2) is 29.4 Å². The van der Waals surface area contributed by atoms with Gasteiger partial charge in [-0.2, -0.15) is 13.2 Å². The minimum atomic E-state index is -4.57. The van der Waals surface area contributed by atoms with Crippen LogP contribution in [0.5, 0.6) is 0 Å². The number of amides is 1. The summed E-state index contributed by atoms with van der Waals surface area (Å²) in [6, 6.07) is 7.50. The molecule has 136 valence electrons. The normalized spacial score (nSPS) is 12.9. The fourth-order valence-corrected chi connectivity index (χ4v) is 2.98. The Morgan fingerprint density at radius 1 is 1.32 bits per heavy atom. The minimum Gasteiger partial charge on any atom is -0.325 e. The first-order valence-corrected chi connectivity index (χ1v) is 8.70. The summed E-state index contributed by atoms with van der Waals surface area (Å²) in [4.78, 5) is 12.2. The number of hydrogen-bond donors (Lipinski definition) is 1. The molecule has 25 heavy (non-hydrogen) atoms. The highest BCUT2D eigenvalue weighted by Crippen LogP contribution is 2.30. The van der Waals surface area contributed by atoms with E-state index >= 15 is 0 Å². The van der Waals surface area contributed by atoms with Gasteiger partial charge in [-0.3, -0.25) is 4.79 Å². The summed E-state index contributed by atoms with van der Waals surface area (Å²) in [6.45, 7) is 4.13. The van der Waals surface area contributed by atoms with Gasteiger partial charge >= 0.3 is 6.18 Å². The molecule has 1 amide bonds. The number of carbonyl (C=O) groups is 1. The van der Waals surface area contributed by atoms with Crippen LogP contribution in [-0.2, 0) is 18.0 Å². The average Bonchev–Trinajstić information content (AvgIpc) is 2.93. The maximum Gasteiger partial charge on any atom is 0.451 e. The van der Waals surface area contributed by atoms with Crippen molar-refractivity contribution in [3.8, 4) is 0 Å². The molecule has 0 aliphatic rings. The Bertz CT molecular complexity index is 745. The van der Waals surface area contributed by atoms with Gasteiger partial charge < -0.3 is 9.88 Å². The van der Waals surface area contributed by atoms with Crippen LogP contribution in [0.1, 0.15) is 37.6 Å². The van der Waals surface area contributed by atoms with Crippen LogP contribution < -0.4 is 5.32 Å². The van der Waals surface area contributed by atoms with E-state index in [1.165, 1.54) is 7.05 Å². The Morgan fingerprint density at radius 3 is 2.60 bits per heavy atom. The minimum absolute atomic E-state index is 0.0395. The predicted molar refractivity (Wildman–Crippen MR) is 90.5 cm³/mol. The maximum absolute atomic E-state index is 12.7. The SMILES string of the molecule is CC[C@H](C)c1ccccc1NC(=O)CSc1nnc(C(F)(F)F)n1C. The number of thioether (sulfide) groups is 1. The van der Waals surface area contributed by atoms with Crippen molar-refractivity contribution in [2.24, 2.45) is 7.05 Å². The van der Waals surface area contributed by atoms with E-state index < -0.39 is 12.0 Å². The Labute approximate surface area is 148 Å². The molecule has 0 bridgehead atoms. The standard InChI is InChI=1S/C16H19F3N4OS/c1-4-10(2)11-7-5-6-8-12(11)20-13(24)9-25-15-22-21-14(23(15)3)16(17,18)19/h5-8,10H,4,9H2,1-3H3,(H,20,24)/t10-/m0/s1. The van der Waals surface area contributed by atoms with Crippen LogP contribution >= 0.6 is 11.8 Å².